The van der Waals surface area contributed by atoms with Gasteiger partial charge in [0.25, 0.3) is 0 Å². The molecule has 0 heterocycles. The Hall–Kier alpha value is 0.0700. The Balaban J connectivity index is 0.00000180. The van der Waals surface area contributed by atoms with Crippen molar-refractivity contribution in [1.29, 1.82) is 0 Å². The van der Waals surface area contributed by atoms with Crippen LogP contribution in [0.4, 0.5) is 0 Å². The van der Waals surface area contributed by atoms with Crippen LogP contribution in [-0.2, 0) is 4.79 Å². The summed E-state index contributed by atoms with van der Waals surface area (Å²) in [7, 11) is 0. The van der Waals surface area contributed by atoms with E-state index in [1.807, 2.05) is 11.8 Å². The first-order valence-electron chi connectivity index (χ1n) is 7.38. The second kappa shape index (κ2) is 8.38. The van der Waals surface area contributed by atoms with Gasteiger partial charge in [-0.2, -0.15) is 11.8 Å². The zero-order valence-corrected chi connectivity index (χ0v) is 13.4. The standard InChI is InChI=1S/C14H26N2OS.ClH/c1-2-18-13-8-4-7-12(13)16-14(17)11-6-3-5-10(11)9-15;/h10-13H,2-9,15H2,1H3,(H,16,17);1H/t10-,11-,12?,13?;/m1./s1. The lowest BCUT2D eigenvalue weighted by molar-refractivity contribution is -0.126. The lowest BCUT2D eigenvalue weighted by Gasteiger charge is -2.24. The van der Waals surface area contributed by atoms with Gasteiger partial charge in [0.2, 0.25) is 5.91 Å². The predicted octanol–water partition coefficient (Wildman–Crippen LogP) is 2.57. The summed E-state index contributed by atoms with van der Waals surface area (Å²) in [6, 6.07) is 0.404. The maximum absolute atomic E-state index is 12.3. The van der Waals surface area contributed by atoms with E-state index in [0.29, 0.717) is 23.8 Å². The van der Waals surface area contributed by atoms with Gasteiger partial charge in [0, 0.05) is 17.2 Å². The molecule has 0 spiro atoms. The van der Waals surface area contributed by atoms with E-state index in [2.05, 4.69) is 12.2 Å². The van der Waals surface area contributed by atoms with Crippen LogP contribution in [0.25, 0.3) is 0 Å². The van der Waals surface area contributed by atoms with Gasteiger partial charge in [-0.3, -0.25) is 4.79 Å². The second-order valence-corrected chi connectivity index (χ2v) is 7.09. The average molecular weight is 307 g/mol. The Morgan fingerprint density at radius 2 is 2.00 bits per heavy atom. The molecule has 4 atom stereocenters. The molecule has 2 saturated carbocycles. The molecule has 0 saturated heterocycles. The van der Waals surface area contributed by atoms with Crippen molar-refractivity contribution in [2.24, 2.45) is 17.6 Å². The van der Waals surface area contributed by atoms with Crippen LogP contribution in [0.2, 0.25) is 0 Å². The number of hydrogen-bond donors (Lipinski definition) is 2. The number of hydrogen-bond acceptors (Lipinski definition) is 3. The highest BCUT2D eigenvalue weighted by molar-refractivity contribution is 7.99. The van der Waals surface area contributed by atoms with E-state index in [1.54, 1.807) is 0 Å². The van der Waals surface area contributed by atoms with Crippen molar-refractivity contribution < 1.29 is 4.79 Å². The summed E-state index contributed by atoms with van der Waals surface area (Å²) in [4.78, 5) is 12.3. The summed E-state index contributed by atoms with van der Waals surface area (Å²) >= 11 is 2.00. The number of halogens is 1. The van der Waals surface area contributed by atoms with Crippen molar-refractivity contribution >= 4 is 30.1 Å². The minimum Gasteiger partial charge on any atom is -0.352 e. The third-order valence-electron chi connectivity index (χ3n) is 4.46. The van der Waals surface area contributed by atoms with Crippen molar-refractivity contribution in [3.05, 3.63) is 0 Å². The summed E-state index contributed by atoms with van der Waals surface area (Å²) in [5.41, 5.74) is 5.76. The molecule has 5 heteroatoms. The third kappa shape index (κ3) is 4.27. The Labute approximate surface area is 127 Å². The van der Waals surface area contributed by atoms with Gasteiger partial charge in [-0.1, -0.05) is 19.8 Å². The van der Waals surface area contributed by atoms with E-state index in [1.165, 1.54) is 12.8 Å². The smallest absolute Gasteiger partial charge is 0.223 e. The molecule has 0 aliphatic heterocycles. The fourth-order valence-corrected chi connectivity index (χ4v) is 4.66. The van der Waals surface area contributed by atoms with Crippen molar-refractivity contribution in [2.75, 3.05) is 12.3 Å². The number of rotatable bonds is 5. The minimum atomic E-state index is 0. The second-order valence-electron chi connectivity index (χ2n) is 5.57. The van der Waals surface area contributed by atoms with Gasteiger partial charge >= 0.3 is 0 Å². The van der Waals surface area contributed by atoms with Crippen molar-refractivity contribution in [3.63, 3.8) is 0 Å². The highest BCUT2D eigenvalue weighted by Crippen LogP contribution is 2.33. The summed E-state index contributed by atoms with van der Waals surface area (Å²) < 4.78 is 0. The van der Waals surface area contributed by atoms with Crippen molar-refractivity contribution in [3.8, 4) is 0 Å². The molecule has 0 bridgehead atoms. The van der Waals surface area contributed by atoms with Crippen LogP contribution < -0.4 is 11.1 Å². The first-order valence-corrected chi connectivity index (χ1v) is 8.43. The SMILES string of the molecule is CCSC1CCCC1NC(=O)[C@@H]1CCC[C@@H]1CN.Cl. The molecular weight excluding hydrogens is 280 g/mol. The zero-order valence-electron chi connectivity index (χ0n) is 11.8. The van der Waals surface area contributed by atoms with Crippen molar-refractivity contribution in [2.45, 2.75) is 56.7 Å². The molecule has 3 N–H and O–H groups in total. The molecule has 0 aromatic rings. The van der Waals surface area contributed by atoms with Gasteiger partial charge in [-0.05, 0) is 43.9 Å². The van der Waals surface area contributed by atoms with Gasteiger partial charge in [-0.15, -0.1) is 12.4 Å². The van der Waals surface area contributed by atoms with Crippen LogP contribution >= 0.6 is 24.2 Å². The largest absolute Gasteiger partial charge is 0.352 e. The molecule has 2 unspecified atom stereocenters. The van der Waals surface area contributed by atoms with Gasteiger partial charge in [0.15, 0.2) is 0 Å². The number of carbonyl (C=O) groups excluding carboxylic acids is 1. The summed E-state index contributed by atoms with van der Waals surface area (Å²) in [6.45, 7) is 2.86. The van der Waals surface area contributed by atoms with Gasteiger partial charge in [0.1, 0.15) is 0 Å². The van der Waals surface area contributed by atoms with E-state index in [9.17, 15) is 4.79 Å². The third-order valence-corrected chi connectivity index (χ3v) is 5.79. The fourth-order valence-electron chi connectivity index (χ4n) is 3.46. The molecule has 2 aliphatic carbocycles. The first kappa shape index (κ1) is 17.1. The van der Waals surface area contributed by atoms with Crippen LogP contribution in [-0.4, -0.2) is 29.5 Å². The normalized spacial score (nSPS) is 34.0. The summed E-state index contributed by atoms with van der Waals surface area (Å²) in [6.07, 6.45) is 7.00. The average Bonchev–Trinajstić information content (AvgIpc) is 2.98. The Morgan fingerprint density at radius 3 is 2.68 bits per heavy atom. The van der Waals surface area contributed by atoms with Crippen LogP contribution in [0.15, 0.2) is 0 Å². The highest BCUT2D eigenvalue weighted by atomic mass is 35.5. The number of amides is 1. The Bertz CT molecular complexity index is 291. The van der Waals surface area contributed by atoms with E-state index < -0.39 is 0 Å². The molecule has 2 rings (SSSR count). The number of nitrogens with two attached hydrogens (primary N) is 1. The molecule has 1 amide bonds. The van der Waals surface area contributed by atoms with Crippen LogP contribution in [0, 0.1) is 11.8 Å². The maximum Gasteiger partial charge on any atom is 0.223 e. The lowest BCUT2D eigenvalue weighted by Crippen LogP contribution is -2.43. The molecule has 112 valence electrons. The monoisotopic (exact) mass is 306 g/mol. The zero-order chi connectivity index (χ0) is 13.0. The lowest BCUT2D eigenvalue weighted by atomic mass is 9.95. The molecule has 2 aliphatic rings. The van der Waals surface area contributed by atoms with Gasteiger partial charge < -0.3 is 11.1 Å². The molecule has 0 aromatic carbocycles. The van der Waals surface area contributed by atoms with Crippen molar-refractivity contribution in [1.82, 2.24) is 5.32 Å². The molecule has 2 fully saturated rings. The summed E-state index contributed by atoms with van der Waals surface area (Å²) in [5.74, 6) is 2.02. The van der Waals surface area contributed by atoms with Crippen LogP contribution in [0.1, 0.15) is 45.4 Å². The maximum atomic E-state index is 12.3. The van der Waals surface area contributed by atoms with Crippen LogP contribution in [0.5, 0.6) is 0 Å². The molecule has 3 nitrogen and oxygen atoms in total. The van der Waals surface area contributed by atoms with E-state index in [-0.39, 0.29) is 24.2 Å². The highest BCUT2D eigenvalue weighted by Gasteiger charge is 2.35. The van der Waals surface area contributed by atoms with E-state index >= 15 is 0 Å². The van der Waals surface area contributed by atoms with E-state index in [0.717, 1.165) is 31.4 Å². The molecular formula is C14H27ClN2OS. The Morgan fingerprint density at radius 1 is 1.26 bits per heavy atom. The molecule has 19 heavy (non-hydrogen) atoms. The van der Waals surface area contributed by atoms with E-state index in [4.69, 9.17) is 5.73 Å². The van der Waals surface area contributed by atoms with Gasteiger partial charge in [-0.25, -0.2) is 0 Å². The minimum absolute atomic E-state index is 0. The van der Waals surface area contributed by atoms with Gasteiger partial charge in [0.05, 0.1) is 0 Å². The first-order chi connectivity index (χ1) is 8.76. The quantitative estimate of drug-likeness (QED) is 0.821. The number of carbonyl (C=O) groups is 1. The topological polar surface area (TPSA) is 55.1 Å². The number of thioether (sulfide) groups is 1. The van der Waals surface area contributed by atoms with Crippen LogP contribution in [0.3, 0.4) is 0 Å². The number of nitrogens with one attached hydrogen (secondary N) is 1. The predicted molar refractivity (Wildman–Crippen MR) is 84.8 cm³/mol. The fraction of sp³-hybridized carbons (Fsp3) is 0.929. The molecule has 0 aromatic heterocycles. The summed E-state index contributed by atoms with van der Waals surface area (Å²) in [5, 5.41) is 3.94. The Kier molecular flexibility index (Phi) is 7.55. The molecule has 0 radical (unpaired) electrons.